The summed E-state index contributed by atoms with van der Waals surface area (Å²) in [5.74, 6) is -3.60. The van der Waals surface area contributed by atoms with Crippen molar-refractivity contribution in [3.8, 4) is 17.2 Å². The highest BCUT2D eigenvalue weighted by atomic mass is 19.4. The minimum absolute atomic E-state index is 0.0347. The third-order valence-electron chi connectivity index (χ3n) is 6.08. The number of aromatic nitrogens is 3. The molecule has 2 aromatic carbocycles. The van der Waals surface area contributed by atoms with Gasteiger partial charge in [-0.05, 0) is 67.6 Å². The van der Waals surface area contributed by atoms with E-state index in [0.29, 0.717) is 11.4 Å². The lowest BCUT2D eigenvalue weighted by Gasteiger charge is -2.13. The number of amides is 2. The fourth-order valence-electron chi connectivity index (χ4n) is 4.16. The Morgan fingerprint density at radius 2 is 1.67 bits per heavy atom. The SMILES string of the molecule is Cc1ccc(C(=O)Nc2ccc(Oc3ccc4nc(NC(=O)CC(F)(F)F)cn4c3)c(F)c2)c(=O)n1-c1ccc(F)cc1. The first-order valence-electron chi connectivity index (χ1n) is 12.5. The van der Waals surface area contributed by atoms with Crippen LogP contribution in [0.15, 0.2) is 83.9 Å². The van der Waals surface area contributed by atoms with Crippen molar-refractivity contribution in [3.63, 3.8) is 0 Å². The first kappa shape index (κ1) is 29.0. The predicted octanol–water partition coefficient (Wildman–Crippen LogP) is 6.01. The van der Waals surface area contributed by atoms with E-state index in [9.17, 15) is 36.3 Å². The fraction of sp³-hybridized carbons (Fsp3) is 0.103. The number of anilines is 2. The lowest BCUT2D eigenvalue weighted by molar-refractivity contribution is -0.150. The maximum atomic E-state index is 14.9. The summed E-state index contributed by atoms with van der Waals surface area (Å²) < 4.78 is 73.7. The summed E-state index contributed by atoms with van der Waals surface area (Å²) >= 11 is 0. The summed E-state index contributed by atoms with van der Waals surface area (Å²) in [6.45, 7) is 1.65. The number of aryl methyl sites for hydroxylation is 1. The zero-order valence-electron chi connectivity index (χ0n) is 22.1. The normalized spacial score (nSPS) is 11.4. The molecule has 43 heavy (non-hydrogen) atoms. The zero-order chi connectivity index (χ0) is 30.9. The third-order valence-corrected chi connectivity index (χ3v) is 6.08. The number of ether oxygens (including phenoxy) is 1. The molecule has 2 amide bonds. The second-order valence-corrected chi connectivity index (χ2v) is 9.30. The summed E-state index contributed by atoms with van der Waals surface area (Å²) in [5.41, 5.74) is 0.315. The van der Waals surface area contributed by atoms with Crippen LogP contribution in [0.4, 0.5) is 33.5 Å². The number of alkyl halides is 3. The molecular weight excluding hydrogens is 577 g/mol. The van der Waals surface area contributed by atoms with Crippen molar-refractivity contribution in [2.24, 2.45) is 0 Å². The van der Waals surface area contributed by atoms with Crippen LogP contribution in [0.2, 0.25) is 0 Å². The van der Waals surface area contributed by atoms with Gasteiger partial charge in [0.15, 0.2) is 17.4 Å². The van der Waals surface area contributed by atoms with Crippen LogP contribution < -0.4 is 20.9 Å². The van der Waals surface area contributed by atoms with Gasteiger partial charge in [-0.1, -0.05) is 0 Å². The molecule has 0 radical (unpaired) electrons. The molecule has 0 unspecified atom stereocenters. The van der Waals surface area contributed by atoms with E-state index in [4.69, 9.17) is 4.74 Å². The van der Waals surface area contributed by atoms with Crippen LogP contribution in [0.25, 0.3) is 11.3 Å². The summed E-state index contributed by atoms with van der Waals surface area (Å²) in [4.78, 5) is 41.5. The largest absolute Gasteiger partial charge is 0.453 e. The van der Waals surface area contributed by atoms with Crippen molar-refractivity contribution in [3.05, 3.63) is 112 Å². The van der Waals surface area contributed by atoms with Crippen molar-refractivity contribution in [1.82, 2.24) is 14.0 Å². The molecule has 3 heterocycles. The molecule has 0 saturated heterocycles. The van der Waals surface area contributed by atoms with Gasteiger partial charge in [0.05, 0.1) is 12.4 Å². The Morgan fingerprint density at radius 1 is 0.930 bits per heavy atom. The topological polar surface area (TPSA) is 107 Å². The van der Waals surface area contributed by atoms with Gasteiger partial charge in [-0.25, -0.2) is 13.8 Å². The highest BCUT2D eigenvalue weighted by Crippen LogP contribution is 2.28. The van der Waals surface area contributed by atoms with Crippen LogP contribution in [0, 0.1) is 18.6 Å². The van der Waals surface area contributed by atoms with E-state index in [2.05, 4.69) is 15.6 Å². The Kier molecular flexibility index (Phi) is 7.68. The molecule has 0 atom stereocenters. The summed E-state index contributed by atoms with van der Waals surface area (Å²) in [6.07, 6.45) is -3.69. The van der Waals surface area contributed by atoms with E-state index in [1.807, 2.05) is 0 Å². The number of nitrogens with one attached hydrogen (secondary N) is 2. The second kappa shape index (κ2) is 11.4. The molecule has 0 fully saturated rings. The van der Waals surface area contributed by atoms with Gasteiger partial charge in [0.2, 0.25) is 5.91 Å². The number of pyridine rings is 2. The Labute approximate surface area is 239 Å². The second-order valence-electron chi connectivity index (χ2n) is 9.30. The molecule has 0 aliphatic rings. The van der Waals surface area contributed by atoms with Gasteiger partial charge in [0.25, 0.3) is 11.5 Å². The lowest BCUT2D eigenvalue weighted by Crippen LogP contribution is -2.29. The number of carbonyl (C=O) groups excluding carboxylic acids is 2. The zero-order valence-corrected chi connectivity index (χ0v) is 22.1. The molecule has 9 nitrogen and oxygen atoms in total. The Balaban J connectivity index is 1.29. The molecule has 0 spiro atoms. The average Bonchev–Trinajstić information content (AvgIpc) is 3.31. The molecule has 2 N–H and O–H groups in total. The maximum Gasteiger partial charge on any atom is 0.397 e. The quantitative estimate of drug-likeness (QED) is 0.224. The van der Waals surface area contributed by atoms with Gasteiger partial charge in [-0.2, -0.15) is 13.2 Å². The molecule has 0 aliphatic carbocycles. The van der Waals surface area contributed by atoms with E-state index in [0.717, 1.165) is 6.07 Å². The van der Waals surface area contributed by atoms with E-state index >= 15 is 0 Å². The molecule has 14 heteroatoms. The first-order valence-corrected chi connectivity index (χ1v) is 12.5. The van der Waals surface area contributed by atoms with E-state index in [-0.39, 0.29) is 34.2 Å². The average molecular weight is 598 g/mol. The van der Waals surface area contributed by atoms with Crippen LogP contribution in [0.5, 0.6) is 11.5 Å². The van der Waals surface area contributed by atoms with Gasteiger partial charge in [-0.3, -0.25) is 19.0 Å². The van der Waals surface area contributed by atoms with Gasteiger partial charge in [0, 0.05) is 23.1 Å². The highest BCUT2D eigenvalue weighted by Gasteiger charge is 2.31. The van der Waals surface area contributed by atoms with Gasteiger partial charge < -0.3 is 19.8 Å². The highest BCUT2D eigenvalue weighted by molar-refractivity contribution is 6.04. The van der Waals surface area contributed by atoms with Gasteiger partial charge in [-0.15, -0.1) is 0 Å². The monoisotopic (exact) mass is 597 g/mol. The number of benzene rings is 2. The van der Waals surface area contributed by atoms with Crippen LogP contribution in [-0.2, 0) is 4.79 Å². The number of rotatable bonds is 7. The molecule has 5 aromatic rings. The van der Waals surface area contributed by atoms with Crippen LogP contribution in [0.3, 0.4) is 0 Å². The molecular formula is C29H20F5N5O4. The molecule has 3 aromatic heterocycles. The summed E-state index contributed by atoms with van der Waals surface area (Å²) in [7, 11) is 0. The van der Waals surface area contributed by atoms with Crippen molar-refractivity contribution in [2.75, 3.05) is 10.6 Å². The van der Waals surface area contributed by atoms with Crippen LogP contribution in [0.1, 0.15) is 22.5 Å². The van der Waals surface area contributed by atoms with Gasteiger partial charge in [0.1, 0.15) is 29.2 Å². The fourth-order valence-corrected chi connectivity index (χ4v) is 4.16. The minimum atomic E-state index is -4.67. The minimum Gasteiger partial charge on any atom is -0.453 e. The van der Waals surface area contributed by atoms with Crippen LogP contribution >= 0.6 is 0 Å². The Hall–Kier alpha value is -5.53. The third kappa shape index (κ3) is 6.69. The van der Waals surface area contributed by atoms with Gasteiger partial charge >= 0.3 is 6.18 Å². The number of hydrogen-bond acceptors (Lipinski definition) is 5. The molecule has 0 saturated carbocycles. The number of fused-ring (bicyclic) bond motifs is 1. The smallest absolute Gasteiger partial charge is 0.397 e. The molecule has 220 valence electrons. The summed E-state index contributed by atoms with van der Waals surface area (Å²) in [6, 6.07) is 14.5. The molecule has 5 rings (SSSR count). The predicted molar refractivity (Wildman–Crippen MR) is 146 cm³/mol. The van der Waals surface area contributed by atoms with Crippen molar-refractivity contribution in [2.45, 2.75) is 19.5 Å². The number of imidazole rings is 1. The van der Waals surface area contributed by atoms with E-state index in [1.165, 1.54) is 76.0 Å². The molecule has 0 bridgehead atoms. The van der Waals surface area contributed by atoms with E-state index < -0.39 is 41.6 Å². The number of halogens is 5. The first-order chi connectivity index (χ1) is 20.4. The Morgan fingerprint density at radius 3 is 2.37 bits per heavy atom. The van der Waals surface area contributed by atoms with E-state index in [1.54, 1.807) is 13.0 Å². The number of carbonyl (C=O) groups is 2. The van der Waals surface area contributed by atoms with Crippen molar-refractivity contribution >= 4 is 29.0 Å². The maximum absolute atomic E-state index is 14.9. The Bertz CT molecular complexity index is 1920. The lowest BCUT2D eigenvalue weighted by atomic mass is 10.2. The van der Waals surface area contributed by atoms with Crippen LogP contribution in [-0.4, -0.2) is 31.9 Å². The van der Waals surface area contributed by atoms with Crippen molar-refractivity contribution < 1.29 is 36.3 Å². The number of nitrogens with zero attached hydrogens (tertiary/aromatic N) is 3. The standard InChI is InChI=1S/C29H20F5N5O4/c1-16-2-9-21(28(42)39(16)19-6-3-17(30)4-7-19)27(41)35-18-5-10-23(22(31)12-18)43-20-8-11-25-36-24(15-38(25)14-20)37-26(40)13-29(32,33)34/h2-12,14-15H,13H2,1H3,(H,35,41)(H,37,40). The summed E-state index contributed by atoms with van der Waals surface area (Å²) in [5, 5.41) is 4.53. The van der Waals surface area contributed by atoms with Crippen molar-refractivity contribution in [1.29, 1.82) is 0 Å². The number of hydrogen-bond donors (Lipinski definition) is 2. The molecule has 0 aliphatic heterocycles.